The van der Waals surface area contributed by atoms with Crippen LogP contribution < -0.4 is 19.6 Å². The number of hydrogen-bond acceptors (Lipinski definition) is 6. The Hall–Kier alpha value is -4.06. The first-order valence-corrected chi connectivity index (χ1v) is 11.8. The number of carbonyl (C=O) groups is 1. The molecule has 6 nitrogen and oxygen atoms in total. The molecule has 0 saturated carbocycles. The molecule has 0 atom stereocenters. The summed E-state index contributed by atoms with van der Waals surface area (Å²) in [6.07, 6.45) is 5.81. The number of ether oxygens (including phenoxy) is 3. The van der Waals surface area contributed by atoms with Gasteiger partial charge in [0.1, 0.15) is 29.1 Å². The number of hydrogen-bond donors (Lipinski definition) is 0. The van der Waals surface area contributed by atoms with Crippen LogP contribution in [0.5, 0.6) is 23.0 Å². The smallest absolute Gasteiger partial charge is 0.343 e. The number of fused-ring (bicyclic) bond motifs is 1. The van der Waals surface area contributed by atoms with E-state index in [1.54, 1.807) is 42.5 Å². The van der Waals surface area contributed by atoms with Crippen LogP contribution in [-0.2, 0) is 0 Å². The van der Waals surface area contributed by atoms with Crippen LogP contribution in [0.15, 0.2) is 82.2 Å². The molecule has 0 spiro atoms. The van der Waals surface area contributed by atoms with Gasteiger partial charge in [-0.3, -0.25) is 4.79 Å². The molecule has 35 heavy (non-hydrogen) atoms. The molecular formula is C29H28O6. The van der Waals surface area contributed by atoms with Gasteiger partial charge in [0.2, 0.25) is 11.2 Å². The van der Waals surface area contributed by atoms with Gasteiger partial charge in [0.15, 0.2) is 0 Å². The summed E-state index contributed by atoms with van der Waals surface area (Å²) in [6, 6.07) is 18.9. The monoisotopic (exact) mass is 472 g/mol. The summed E-state index contributed by atoms with van der Waals surface area (Å²) in [6.45, 7) is 4.77. The van der Waals surface area contributed by atoms with Crippen molar-refractivity contribution in [2.24, 2.45) is 0 Å². The van der Waals surface area contributed by atoms with Crippen LogP contribution in [0, 0.1) is 6.92 Å². The van der Waals surface area contributed by atoms with Crippen LogP contribution in [0.1, 0.15) is 48.5 Å². The van der Waals surface area contributed by atoms with E-state index in [1.165, 1.54) is 25.2 Å². The van der Waals surface area contributed by atoms with Gasteiger partial charge in [0, 0.05) is 6.07 Å². The molecule has 0 aliphatic carbocycles. The van der Waals surface area contributed by atoms with E-state index in [-0.39, 0.29) is 16.9 Å². The lowest BCUT2D eigenvalue weighted by Crippen LogP contribution is -2.09. The lowest BCUT2D eigenvalue weighted by Gasteiger charge is -2.09. The molecule has 180 valence electrons. The SMILES string of the molecule is CCCCCCOc1ccc(C(=O)Oc2ccc3c(=O)c(Oc4cccc(C)c4)coc3c2)cc1. The highest BCUT2D eigenvalue weighted by atomic mass is 16.5. The molecule has 3 aromatic carbocycles. The lowest BCUT2D eigenvalue weighted by molar-refractivity contribution is 0.0735. The van der Waals surface area contributed by atoms with E-state index >= 15 is 0 Å². The molecule has 0 amide bonds. The fraction of sp³-hybridized carbons (Fsp3) is 0.241. The molecule has 0 bridgehead atoms. The average molecular weight is 473 g/mol. The Morgan fingerprint density at radius 1 is 0.886 bits per heavy atom. The molecule has 0 aliphatic rings. The van der Waals surface area contributed by atoms with Crippen LogP contribution in [0.2, 0.25) is 0 Å². The first-order chi connectivity index (χ1) is 17.0. The maximum atomic E-state index is 12.8. The van der Waals surface area contributed by atoms with Crippen molar-refractivity contribution in [2.45, 2.75) is 39.5 Å². The van der Waals surface area contributed by atoms with Gasteiger partial charge in [-0.05, 0) is 67.4 Å². The standard InChI is InChI=1S/C29H28O6/c1-3-4-5-6-16-32-22-12-10-21(11-13-22)29(31)35-24-14-15-25-26(18-24)33-19-27(28(25)30)34-23-9-7-8-20(2)17-23/h7-15,17-19H,3-6,16H2,1-2H3. The Kier molecular flexibility index (Phi) is 7.83. The summed E-state index contributed by atoms with van der Waals surface area (Å²) >= 11 is 0. The minimum absolute atomic E-state index is 0.0838. The molecule has 1 heterocycles. The van der Waals surface area contributed by atoms with E-state index in [4.69, 9.17) is 18.6 Å². The van der Waals surface area contributed by atoms with Crippen molar-refractivity contribution in [3.63, 3.8) is 0 Å². The highest BCUT2D eigenvalue weighted by Gasteiger charge is 2.13. The first-order valence-electron chi connectivity index (χ1n) is 11.8. The third-order valence-electron chi connectivity index (χ3n) is 5.50. The second-order valence-corrected chi connectivity index (χ2v) is 8.33. The number of unbranched alkanes of at least 4 members (excludes halogenated alkanes) is 3. The molecular weight excluding hydrogens is 444 g/mol. The van der Waals surface area contributed by atoms with Crippen molar-refractivity contribution in [1.82, 2.24) is 0 Å². The van der Waals surface area contributed by atoms with Crippen molar-refractivity contribution in [2.75, 3.05) is 6.61 Å². The summed E-state index contributed by atoms with van der Waals surface area (Å²) in [5, 5.41) is 0.329. The van der Waals surface area contributed by atoms with Crippen LogP contribution >= 0.6 is 0 Å². The van der Waals surface area contributed by atoms with E-state index in [0.717, 1.165) is 18.4 Å². The lowest BCUT2D eigenvalue weighted by atomic mass is 10.2. The van der Waals surface area contributed by atoms with Crippen LogP contribution in [0.4, 0.5) is 0 Å². The highest BCUT2D eigenvalue weighted by Crippen LogP contribution is 2.25. The summed E-state index contributed by atoms with van der Waals surface area (Å²) in [4.78, 5) is 25.4. The number of benzene rings is 3. The molecule has 0 unspecified atom stereocenters. The van der Waals surface area contributed by atoms with E-state index in [0.29, 0.717) is 34.6 Å². The van der Waals surface area contributed by atoms with Gasteiger partial charge in [-0.2, -0.15) is 0 Å². The molecule has 6 heteroatoms. The van der Waals surface area contributed by atoms with Gasteiger partial charge >= 0.3 is 5.97 Å². The Labute approximate surface area is 204 Å². The number of aryl methyl sites for hydroxylation is 1. The zero-order valence-electron chi connectivity index (χ0n) is 19.9. The molecule has 4 aromatic rings. The van der Waals surface area contributed by atoms with Gasteiger partial charge in [0.05, 0.1) is 17.6 Å². The third-order valence-corrected chi connectivity index (χ3v) is 5.50. The predicted molar refractivity (Wildman–Crippen MR) is 135 cm³/mol. The molecule has 0 aliphatic heterocycles. The van der Waals surface area contributed by atoms with Gasteiger partial charge in [-0.15, -0.1) is 0 Å². The van der Waals surface area contributed by atoms with E-state index < -0.39 is 5.97 Å². The van der Waals surface area contributed by atoms with Gasteiger partial charge in [-0.1, -0.05) is 38.3 Å². The fourth-order valence-electron chi connectivity index (χ4n) is 3.60. The summed E-state index contributed by atoms with van der Waals surface area (Å²) in [5.74, 6) is 1.11. The summed E-state index contributed by atoms with van der Waals surface area (Å²) in [5.41, 5.74) is 1.40. The molecule has 0 radical (unpaired) electrons. The third kappa shape index (κ3) is 6.29. The Morgan fingerprint density at radius 3 is 2.46 bits per heavy atom. The largest absolute Gasteiger partial charge is 0.494 e. The molecule has 1 aromatic heterocycles. The Balaban J connectivity index is 1.41. The van der Waals surface area contributed by atoms with E-state index in [9.17, 15) is 9.59 Å². The minimum Gasteiger partial charge on any atom is -0.494 e. The van der Waals surface area contributed by atoms with Gasteiger partial charge < -0.3 is 18.6 Å². The minimum atomic E-state index is -0.513. The number of rotatable bonds is 10. The van der Waals surface area contributed by atoms with Crippen molar-refractivity contribution >= 4 is 16.9 Å². The maximum absolute atomic E-state index is 12.8. The zero-order chi connectivity index (χ0) is 24.6. The second-order valence-electron chi connectivity index (χ2n) is 8.33. The summed E-state index contributed by atoms with van der Waals surface area (Å²) < 4.78 is 22.5. The second kappa shape index (κ2) is 11.4. The fourth-order valence-corrected chi connectivity index (χ4v) is 3.60. The van der Waals surface area contributed by atoms with Gasteiger partial charge in [-0.25, -0.2) is 4.79 Å². The predicted octanol–water partition coefficient (Wildman–Crippen LogP) is 7.07. The molecule has 4 rings (SSSR count). The van der Waals surface area contributed by atoms with E-state index in [2.05, 4.69) is 6.92 Å². The number of esters is 1. The number of carbonyl (C=O) groups excluding carboxylic acids is 1. The Bertz CT molecular complexity index is 1350. The van der Waals surface area contributed by atoms with Crippen LogP contribution in [-0.4, -0.2) is 12.6 Å². The van der Waals surface area contributed by atoms with Crippen LogP contribution in [0.25, 0.3) is 11.0 Å². The topological polar surface area (TPSA) is 75.0 Å². The van der Waals surface area contributed by atoms with E-state index in [1.807, 2.05) is 25.1 Å². The summed E-state index contributed by atoms with van der Waals surface area (Å²) in [7, 11) is 0. The molecule has 0 fully saturated rings. The highest BCUT2D eigenvalue weighted by molar-refractivity contribution is 5.91. The molecule has 0 saturated heterocycles. The van der Waals surface area contributed by atoms with Crippen molar-refractivity contribution in [3.05, 3.63) is 94.3 Å². The van der Waals surface area contributed by atoms with Crippen molar-refractivity contribution < 1.29 is 23.4 Å². The van der Waals surface area contributed by atoms with Crippen molar-refractivity contribution in [3.8, 4) is 23.0 Å². The first kappa shape index (κ1) is 24.1. The van der Waals surface area contributed by atoms with Gasteiger partial charge in [0.25, 0.3) is 0 Å². The molecule has 0 N–H and O–H groups in total. The van der Waals surface area contributed by atoms with Crippen LogP contribution in [0.3, 0.4) is 0 Å². The average Bonchev–Trinajstić information content (AvgIpc) is 2.86. The maximum Gasteiger partial charge on any atom is 0.343 e. The zero-order valence-corrected chi connectivity index (χ0v) is 19.9. The Morgan fingerprint density at radius 2 is 1.69 bits per heavy atom. The quantitative estimate of drug-likeness (QED) is 0.140. The van der Waals surface area contributed by atoms with Crippen molar-refractivity contribution in [1.29, 1.82) is 0 Å². The normalized spacial score (nSPS) is 10.8.